The van der Waals surface area contributed by atoms with Crippen molar-refractivity contribution in [2.24, 2.45) is 0 Å². The van der Waals surface area contributed by atoms with E-state index in [9.17, 15) is 21.9 Å². The van der Waals surface area contributed by atoms with Crippen LogP contribution in [0.3, 0.4) is 0 Å². The fourth-order valence-corrected chi connectivity index (χ4v) is 1.94. The molecule has 0 unspecified atom stereocenters. The summed E-state index contributed by atoms with van der Waals surface area (Å²) in [5.74, 6) is -0.423. The van der Waals surface area contributed by atoms with Gasteiger partial charge in [0.1, 0.15) is 5.75 Å². The average molecular weight is 256 g/mol. The first-order valence-electron chi connectivity index (χ1n) is 4.17. The molecule has 0 bridgehead atoms. The summed E-state index contributed by atoms with van der Waals surface area (Å²) in [6, 6.07) is 4.27. The van der Waals surface area contributed by atoms with Gasteiger partial charge in [0.15, 0.2) is 0 Å². The molecule has 0 radical (unpaired) electrons. The lowest BCUT2D eigenvalue weighted by molar-refractivity contribution is -0.274. The van der Waals surface area contributed by atoms with Crippen LogP contribution in [0.1, 0.15) is 0 Å². The van der Waals surface area contributed by atoms with E-state index in [2.05, 4.69) is 4.74 Å². The van der Waals surface area contributed by atoms with Gasteiger partial charge in [0.2, 0.25) is 0 Å². The highest BCUT2D eigenvalue weighted by molar-refractivity contribution is 8.14. The Morgan fingerprint density at radius 3 is 1.94 bits per heavy atom. The van der Waals surface area contributed by atoms with Crippen LogP contribution in [0.2, 0.25) is 0 Å². The molecule has 1 rings (SSSR count). The van der Waals surface area contributed by atoms with Gasteiger partial charge < -0.3 is 4.74 Å². The van der Waals surface area contributed by atoms with E-state index >= 15 is 0 Å². The highest BCUT2D eigenvalue weighted by Crippen LogP contribution is 2.29. The van der Waals surface area contributed by atoms with E-state index in [-0.39, 0.29) is 4.90 Å². The smallest absolute Gasteiger partial charge is 0.406 e. The fraction of sp³-hybridized carbons (Fsp3) is 0.333. The number of rotatable bonds is 2. The van der Waals surface area contributed by atoms with Crippen LogP contribution in [0.25, 0.3) is 0 Å². The number of hydrogen-bond acceptors (Lipinski definition) is 2. The Morgan fingerprint density at radius 2 is 1.62 bits per heavy atom. The molecule has 0 saturated carbocycles. The number of alkyl halides is 3. The second-order valence-electron chi connectivity index (χ2n) is 3.78. The molecule has 0 amide bonds. The standard InChI is InChI=1S/C9H11F3O3S/c1-16(2,13,14)8-5-3-7(4-6-8)15-9(10,11)12/h3-6H,1-2H3,(H,13,14). The summed E-state index contributed by atoms with van der Waals surface area (Å²) in [5, 5.41) is 0. The summed E-state index contributed by atoms with van der Waals surface area (Å²) >= 11 is 0. The lowest BCUT2D eigenvalue weighted by Gasteiger charge is -2.33. The molecule has 0 aliphatic heterocycles. The van der Waals surface area contributed by atoms with Gasteiger partial charge in [0.25, 0.3) is 0 Å². The molecule has 0 saturated heterocycles. The zero-order chi connectivity index (χ0) is 12.6. The maximum atomic E-state index is 11.8. The van der Waals surface area contributed by atoms with Crippen molar-refractivity contribution in [1.29, 1.82) is 0 Å². The minimum Gasteiger partial charge on any atom is -0.406 e. The fourth-order valence-electron chi connectivity index (χ4n) is 1.03. The Kier molecular flexibility index (Phi) is 2.81. The van der Waals surface area contributed by atoms with Gasteiger partial charge in [0.05, 0.1) is 4.90 Å². The van der Waals surface area contributed by atoms with Crippen molar-refractivity contribution in [3.8, 4) is 5.75 Å². The van der Waals surface area contributed by atoms with E-state index in [1.807, 2.05) is 0 Å². The Hall–Kier alpha value is -1.08. The van der Waals surface area contributed by atoms with Crippen molar-refractivity contribution in [3.05, 3.63) is 24.3 Å². The average Bonchev–Trinajstić information content (AvgIpc) is 1.98. The van der Waals surface area contributed by atoms with Crippen molar-refractivity contribution in [3.63, 3.8) is 0 Å². The molecular formula is C9H11F3O3S. The third kappa shape index (κ3) is 3.82. The van der Waals surface area contributed by atoms with Gasteiger partial charge in [-0.25, -0.2) is 4.21 Å². The van der Waals surface area contributed by atoms with Crippen LogP contribution in [-0.2, 0) is 9.35 Å². The first kappa shape index (κ1) is 13.0. The molecule has 16 heavy (non-hydrogen) atoms. The zero-order valence-electron chi connectivity index (χ0n) is 8.62. The SMILES string of the molecule is CS(C)(=O)(O)c1ccc(OC(F)(F)F)cc1. The van der Waals surface area contributed by atoms with E-state index in [0.29, 0.717) is 0 Å². The predicted molar refractivity (Wildman–Crippen MR) is 54.0 cm³/mol. The lowest BCUT2D eigenvalue weighted by Crippen LogP contribution is -2.28. The predicted octanol–water partition coefficient (Wildman–Crippen LogP) is 2.50. The molecule has 0 aliphatic rings. The van der Waals surface area contributed by atoms with Gasteiger partial charge in [-0.15, -0.1) is 13.2 Å². The van der Waals surface area contributed by atoms with E-state index in [1.54, 1.807) is 0 Å². The zero-order valence-corrected chi connectivity index (χ0v) is 9.43. The first-order chi connectivity index (χ1) is 6.94. The molecule has 0 heterocycles. The summed E-state index contributed by atoms with van der Waals surface area (Å²) in [4.78, 5) is 0.0616. The molecule has 0 aromatic heterocycles. The molecule has 0 spiro atoms. The van der Waals surface area contributed by atoms with Crippen LogP contribution in [0.5, 0.6) is 5.75 Å². The van der Waals surface area contributed by atoms with Crippen molar-refractivity contribution in [2.45, 2.75) is 11.3 Å². The van der Waals surface area contributed by atoms with Crippen LogP contribution in [0, 0.1) is 0 Å². The van der Waals surface area contributed by atoms with Gasteiger partial charge in [-0.05, 0) is 24.3 Å². The Balaban J connectivity index is 2.98. The minimum atomic E-state index is -4.76. The van der Waals surface area contributed by atoms with Crippen LogP contribution >= 0.6 is 0 Å². The van der Waals surface area contributed by atoms with Gasteiger partial charge in [-0.2, -0.15) is 9.35 Å². The van der Waals surface area contributed by atoms with Gasteiger partial charge >= 0.3 is 6.36 Å². The van der Waals surface area contributed by atoms with Crippen molar-refractivity contribution in [1.82, 2.24) is 0 Å². The molecule has 1 aromatic rings. The Morgan fingerprint density at radius 1 is 1.19 bits per heavy atom. The molecule has 1 N–H and O–H groups in total. The quantitative estimate of drug-likeness (QED) is 0.884. The summed E-state index contributed by atoms with van der Waals surface area (Å²) in [7, 11) is -3.92. The second-order valence-corrected chi connectivity index (χ2v) is 7.78. The molecule has 0 aliphatic carbocycles. The van der Waals surface area contributed by atoms with E-state index in [4.69, 9.17) is 0 Å². The van der Waals surface area contributed by atoms with E-state index in [0.717, 1.165) is 36.8 Å². The van der Waals surface area contributed by atoms with E-state index < -0.39 is 21.5 Å². The molecule has 0 atom stereocenters. The Labute approximate surface area is 90.4 Å². The molecular weight excluding hydrogens is 245 g/mol. The topological polar surface area (TPSA) is 46.5 Å². The highest BCUT2D eigenvalue weighted by atomic mass is 32.3. The van der Waals surface area contributed by atoms with Gasteiger partial charge in [-0.1, -0.05) is 0 Å². The maximum Gasteiger partial charge on any atom is 0.573 e. The molecule has 3 nitrogen and oxygen atoms in total. The first-order valence-corrected chi connectivity index (χ1v) is 6.91. The monoisotopic (exact) mass is 256 g/mol. The van der Waals surface area contributed by atoms with Crippen LogP contribution < -0.4 is 4.74 Å². The maximum absolute atomic E-state index is 11.8. The molecule has 0 fully saturated rings. The van der Waals surface area contributed by atoms with Crippen molar-refractivity contribution >= 4 is 9.35 Å². The van der Waals surface area contributed by atoms with Crippen LogP contribution in [0.15, 0.2) is 29.2 Å². The number of benzene rings is 1. The molecule has 92 valence electrons. The number of hydrogen-bond donors (Lipinski definition) is 1. The molecule has 7 heteroatoms. The summed E-state index contributed by atoms with van der Waals surface area (Å²) in [6.45, 7) is 0. The summed E-state index contributed by atoms with van der Waals surface area (Å²) < 4.78 is 60.4. The number of ether oxygens (including phenoxy) is 1. The normalized spacial score (nSPS) is 15.2. The van der Waals surface area contributed by atoms with Gasteiger partial charge in [0, 0.05) is 12.5 Å². The van der Waals surface area contributed by atoms with Crippen molar-refractivity contribution < 1.29 is 26.7 Å². The summed E-state index contributed by atoms with van der Waals surface area (Å²) in [6.07, 6.45) is -2.52. The second kappa shape index (κ2) is 3.46. The molecule has 1 aromatic carbocycles. The lowest BCUT2D eigenvalue weighted by atomic mass is 10.3. The number of halogens is 3. The third-order valence-electron chi connectivity index (χ3n) is 1.73. The third-order valence-corrected chi connectivity index (χ3v) is 3.35. The van der Waals surface area contributed by atoms with Crippen molar-refractivity contribution in [2.75, 3.05) is 12.5 Å². The largest absolute Gasteiger partial charge is 0.573 e. The van der Waals surface area contributed by atoms with E-state index in [1.165, 1.54) is 0 Å². The highest BCUT2D eigenvalue weighted by Gasteiger charge is 2.31. The summed E-state index contributed by atoms with van der Waals surface area (Å²) in [5.41, 5.74) is 0. The van der Waals surface area contributed by atoms with Crippen LogP contribution in [-0.4, -0.2) is 27.6 Å². The Bertz CT molecular complexity index is 433. The minimum absolute atomic E-state index is 0.0616. The van der Waals surface area contributed by atoms with Crippen LogP contribution in [0.4, 0.5) is 13.2 Å². The van der Waals surface area contributed by atoms with Gasteiger partial charge in [-0.3, -0.25) is 4.55 Å².